The molecule has 1 aliphatic heterocycles. The number of fused-ring (bicyclic) bond motifs is 1. The van der Waals surface area contributed by atoms with Crippen LogP contribution in [-0.4, -0.2) is 24.3 Å². The Kier molecular flexibility index (Phi) is 2.86. The van der Waals surface area contributed by atoms with Crippen LogP contribution in [0.5, 0.6) is 0 Å². The highest BCUT2D eigenvalue weighted by Gasteiger charge is 2.51. The molecule has 1 atom stereocenters. The number of carboxylic acids is 1. The highest BCUT2D eigenvalue weighted by molar-refractivity contribution is 5.83. The molecule has 2 aliphatic rings. The molecule has 3 nitrogen and oxygen atoms in total. The molecule has 1 aliphatic carbocycles. The number of aryl methyl sites for hydroxylation is 1. The maximum absolute atomic E-state index is 11.9. The summed E-state index contributed by atoms with van der Waals surface area (Å²) in [5.41, 5.74) is 1.59. The first-order chi connectivity index (χ1) is 8.75. The van der Waals surface area contributed by atoms with E-state index in [1.165, 1.54) is 5.56 Å². The van der Waals surface area contributed by atoms with Crippen LogP contribution < -0.4 is 0 Å². The Bertz CT molecular complexity index is 463. The van der Waals surface area contributed by atoms with Crippen LogP contribution in [-0.2, 0) is 21.4 Å². The lowest BCUT2D eigenvalue weighted by Crippen LogP contribution is -2.43. The van der Waals surface area contributed by atoms with Gasteiger partial charge in [0, 0.05) is 13.2 Å². The number of ether oxygens (including phenoxy) is 1. The molecule has 0 radical (unpaired) electrons. The van der Waals surface area contributed by atoms with Gasteiger partial charge in [0.15, 0.2) is 0 Å². The molecule has 1 saturated heterocycles. The highest BCUT2D eigenvalue weighted by Crippen LogP contribution is 2.47. The molecule has 0 spiro atoms. The van der Waals surface area contributed by atoms with E-state index < -0.39 is 11.4 Å². The molecule has 1 heterocycles. The van der Waals surface area contributed by atoms with Crippen molar-refractivity contribution in [3.8, 4) is 0 Å². The summed E-state index contributed by atoms with van der Waals surface area (Å²) in [6.45, 7) is 1.39. The lowest BCUT2D eigenvalue weighted by molar-refractivity contribution is -0.148. The van der Waals surface area contributed by atoms with Gasteiger partial charge in [-0.3, -0.25) is 4.79 Å². The van der Waals surface area contributed by atoms with Crippen LogP contribution in [0.4, 0.5) is 0 Å². The van der Waals surface area contributed by atoms with Gasteiger partial charge in [-0.1, -0.05) is 24.3 Å². The average Bonchev–Trinajstić information content (AvgIpc) is 2.80. The minimum absolute atomic E-state index is 0.215. The van der Waals surface area contributed by atoms with E-state index in [0.29, 0.717) is 13.2 Å². The van der Waals surface area contributed by atoms with Gasteiger partial charge in [0.1, 0.15) is 0 Å². The third kappa shape index (κ3) is 1.57. The minimum Gasteiger partial charge on any atom is -0.481 e. The standard InChI is InChI=1S/C15H18O3/c16-14(17)15(12-6-9-18-10-7-12)8-5-11-3-1-2-4-13(11)15/h1-4,12H,5-10H2,(H,16,17). The van der Waals surface area contributed by atoms with Crippen molar-refractivity contribution >= 4 is 5.97 Å². The number of hydrogen-bond donors (Lipinski definition) is 1. The summed E-state index contributed by atoms with van der Waals surface area (Å²) >= 11 is 0. The second-order valence-corrected chi connectivity index (χ2v) is 5.32. The molecule has 1 aromatic carbocycles. The molecule has 1 N–H and O–H groups in total. The maximum atomic E-state index is 11.9. The van der Waals surface area contributed by atoms with Gasteiger partial charge in [0.2, 0.25) is 0 Å². The van der Waals surface area contributed by atoms with Gasteiger partial charge in [-0.05, 0) is 42.7 Å². The SMILES string of the molecule is O=C(O)C1(C2CCOCC2)CCc2ccccc21. The van der Waals surface area contributed by atoms with Crippen molar-refractivity contribution in [1.82, 2.24) is 0 Å². The zero-order valence-electron chi connectivity index (χ0n) is 10.4. The lowest BCUT2D eigenvalue weighted by atomic mass is 9.68. The summed E-state index contributed by atoms with van der Waals surface area (Å²) in [6.07, 6.45) is 3.35. The molecule has 0 amide bonds. The Morgan fingerprint density at radius 1 is 1.28 bits per heavy atom. The smallest absolute Gasteiger partial charge is 0.314 e. The van der Waals surface area contributed by atoms with E-state index in [1.807, 2.05) is 18.2 Å². The van der Waals surface area contributed by atoms with E-state index >= 15 is 0 Å². The van der Waals surface area contributed by atoms with Crippen LogP contribution in [0.1, 0.15) is 30.4 Å². The van der Waals surface area contributed by atoms with E-state index in [2.05, 4.69) is 6.07 Å². The summed E-state index contributed by atoms with van der Waals surface area (Å²) in [4.78, 5) is 11.9. The largest absolute Gasteiger partial charge is 0.481 e. The van der Waals surface area contributed by atoms with Gasteiger partial charge in [0.05, 0.1) is 5.41 Å². The van der Waals surface area contributed by atoms with E-state index in [9.17, 15) is 9.90 Å². The van der Waals surface area contributed by atoms with Crippen molar-refractivity contribution in [1.29, 1.82) is 0 Å². The first-order valence-corrected chi connectivity index (χ1v) is 6.64. The molecule has 3 rings (SSSR count). The summed E-state index contributed by atoms with van der Waals surface area (Å²) in [5, 5.41) is 9.82. The van der Waals surface area contributed by atoms with Gasteiger partial charge in [-0.15, -0.1) is 0 Å². The molecule has 0 saturated carbocycles. The first kappa shape index (κ1) is 11.7. The molecule has 0 bridgehead atoms. The third-order valence-corrected chi connectivity index (χ3v) is 4.59. The number of aliphatic carboxylic acids is 1. The Balaban J connectivity index is 2.06. The van der Waals surface area contributed by atoms with E-state index in [0.717, 1.165) is 31.2 Å². The van der Waals surface area contributed by atoms with E-state index in [-0.39, 0.29) is 5.92 Å². The Morgan fingerprint density at radius 3 is 2.72 bits per heavy atom. The second-order valence-electron chi connectivity index (χ2n) is 5.32. The van der Waals surface area contributed by atoms with Gasteiger partial charge in [0.25, 0.3) is 0 Å². The first-order valence-electron chi connectivity index (χ1n) is 6.64. The number of benzene rings is 1. The van der Waals surface area contributed by atoms with Gasteiger partial charge in [-0.25, -0.2) is 0 Å². The maximum Gasteiger partial charge on any atom is 0.314 e. The number of carbonyl (C=O) groups is 1. The molecular formula is C15H18O3. The molecule has 1 fully saturated rings. The summed E-state index contributed by atoms with van der Waals surface area (Å²) in [5.74, 6) is -0.438. The van der Waals surface area contributed by atoms with Crippen molar-refractivity contribution in [3.05, 3.63) is 35.4 Å². The second kappa shape index (κ2) is 4.39. The zero-order chi connectivity index (χ0) is 12.6. The molecule has 18 heavy (non-hydrogen) atoms. The molecule has 3 heteroatoms. The Hall–Kier alpha value is -1.35. The minimum atomic E-state index is -0.666. The fourth-order valence-corrected chi connectivity index (χ4v) is 3.65. The summed E-state index contributed by atoms with van der Waals surface area (Å²) in [6, 6.07) is 8.03. The zero-order valence-corrected chi connectivity index (χ0v) is 10.4. The lowest BCUT2D eigenvalue weighted by Gasteiger charge is -2.37. The van der Waals surface area contributed by atoms with Crippen molar-refractivity contribution in [3.63, 3.8) is 0 Å². The average molecular weight is 246 g/mol. The molecule has 96 valence electrons. The van der Waals surface area contributed by atoms with Gasteiger partial charge >= 0.3 is 5.97 Å². The Labute approximate surface area is 107 Å². The van der Waals surface area contributed by atoms with Crippen LogP contribution in [0.3, 0.4) is 0 Å². The van der Waals surface area contributed by atoms with Crippen LogP contribution in [0.25, 0.3) is 0 Å². The molecule has 1 aromatic rings. The highest BCUT2D eigenvalue weighted by atomic mass is 16.5. The predicted molar refractivity (Wildman–Crippen MR) is 67.6 cm³/mol. The van der Waals surface area contributed by atoms with Crippen molar-refractivity contribution in [2.75, 3.05) is 13.2 Å². The normalized spacial score (nSPS) is 28.0. The van der Waals surface area contributed by atoms with E-state index in [1.54, 1.807) is 0 Å². The molecule has 0 aromatic heterocycles. The Morgan fingerprint density at radius 2 is 2.00 bits per heavy atom. The quantitative estimate of drug-likeness (QED) is 0.871. The number of carboxylic acid groups (broad SMARTS) is 1. The van der Waals surface area contributed by atoms with Gasteiger partial charge < -0.3 is 9.84 Å². The topological polar surface area (TPSA) is 46.5 Å². The van der Waals surface area contributed by atoms with Crippen LogP contribution in [0.2, 0.25) is 0 Å². The third-order valence-electron chi connectivity index (χ3n) is 4.59. The fourth-order valence-electron chi connectivity index (χ4n) is 3.65. The van der Waals surface area contributed by atoms with Gasteiger partial charge in [-0.2, -0.15) is 0 Å². The molecular weight excluding hydrogens is 228 g/mol. The number of rotatable bonds is 2. The monoisotopic (exact) mass is 246 g/mol. The van der Waals surface area contributed by atoms with Crippen LogP contribution >= 0.6 is 0 Å². The van der Waals surface area contributed by atoms with Crippen LogP contribution in [0.15, 0.2) is 24.3 Å². The van der Waals surface area contributed by atoms with Crippen molar-refractivity contribution in [2.45, 2.75) is 31.1 Å². The van der Waals surface area contributed by atoms with Crippen molar-refractivity contribution < 1.29 is 14.6 Å². The summed E-state index contributed by atoms with van der Waals surface area (Å²) < 4.78 is 5.38. The predicted octanol–water partition coefficient (Wildman–Crippen LogP) is 2.38. The fraction of sp³-hybridized carbons (Fsp3) is 0.533. The van der Waals surface area contributed by atoms with E-state index in [4.69, 9.17) is 4.74 Å². The van der Waals surface area contributed by atoms with Crippen molar-refractivity contribution in [2.24, 2.45) is 5.92 Å². The summed E-state index contributed by atoms with van der Waals surface area (Å²) in [7, 11) is 0. The number of hydrogen-bond acceptors (Lipinski definition) is 2. The van der Waals surface area contributed by atoms with Crippen LogP contribution in [0, 0.1) is 5.92 Å². The molecule has 1 unspecified atom stereocenters.